The van der Waals surface area contributed by atoms with Crippen LogP contribution in [0.5, 0.6) is 0 Å². The number of aryl methyl sites for hydroxylation is 1. The number of alkyl carbamates (subject to hydrolysis) is 1. The number of halogens is 1. The molecule has 0 aliphatic rings. The summed E-state index contributed by atoms with van der Waals surface area (Å²) in [6.45, 7) is 4.96. The van der Waals surface area contributed by atoms with Crippen LogP contribution in [0.4, 0.5) is 16.2 Å². The van der Waals surface area contributed by atoms with E-state index in [9.17, 15) is 14.4 Å². The summed E-state index contributed by atoms with van der Waals surface area (Å²) in [6, 6.07) is 14.7. The van der Waals surface area contributed by atoms with Crippen molar-refractivity contribution >= 4 is 45.2 Å². The second kappa shape index (κ2) is 10.8. The van der Waals surface area contributed by atoms with Gasteiger partial charge in [-0.15, -0.1) is 0 Å². The highest BCUT2D eigenvalue weighted by molar-refractivity contribution is 9.10. The molecular weight excluding hydrogens is 450 g/mol. The first-order chi connectivity index (χ1) is 14.1. The number of nitrogens with one attached hydrogen (secondary N) is 3. The lowest BCUT2D eigenvalue weighted by molar-refractivity contribution is -0.116. The van der Waals surface area contributed by atoms with Gasteiger partial charge in [0.1, 0.15) is 12.1 Å². The highest BCUT2D eigenvalue weighted by Crippen LogP contribution is 2.21. The van der Waals surface area contributed by atoms with Crippen LogP contribution >= 0.6 is 15.9 Å². The van der Waals surface area contributed by atoms with Crippen LogP contribution in [0.25, 0.3) is 0 Å². The number of hydrogen-bond acceptors (Lipinski definition) is 4. The summed E-state index contributed by atoms with van der Waals surface area (Å²) in [7, 11) is 0. The number of rotatable bonds is 7. The van der Waals surface area contributed by atoms with E-state index in [1.165, 1.54) is 0 Å². The van der Waals surface area contributed by atoms with Crippen LogP contribution in [0.3, 0.4) is 0 Å². The lowest BCUT2D eigenvalue weighted by Crippen LogP contribution is -2.37. The van der Waals surface area contributed by atoms with Crippen molar-refractivity contribution in [2.24, 2.45) is 0 Å². The van der Waals surface area contributed by atoms with E-state index < -0.39 is 17.6 Å². The van der Waals surface area contributed by atoms with E-state index in [0.29, 0.717) is 24.2 Å². The lowest BCUT2D eigenvalue weighted by atomic mass is 10.1. The second-order valence-corrected chi connectivity index (χ2v) is 8.54. The molecule has 2 rings (SSSR count). The first-order valence-electron chi connectivity index (χ1n) is 9.52. The van der Waals surface area contributed by atoms with Crippen LogP contribution in [0.15, 0.2) is 53.0 Å². The van der Waals surface area contributed by atoms with Crippen LogP contribution < -0.4 is 16.0 Å². The summed E-state index contributed by atoms with van der Waals surface area (Å²) in [5, 5.41) is 7.90. The molecular formula is C22H26BrN3O4. The molecule has 0 atom stereocenters. The summed E-state index contributed by atoms with van der Waals surface area (Å²) < 4.78 is 6.06. The molecule has 0 aromatic heterocycles. The van der Waals surface area contributed by atoms with Crippen molar-refractivity contribution < 1.29 is 19.1 Å². The quantitative estimate of drug-likeness (QED) is 0.549. The predicted octanol–water partition coefficient (Wildman–Crippen LogP) is 4.48. The summed E-state index contributed by atoms with van der Waals surface area (Å²) in [5.74, 6) is -0.597. The Hall–Kier alpha value is -2.87. The minimum atomic E-state index is -0.674. The molecule has 3 amide bonds. The van der Waals surface area contributed by atoms with E-state index >= 15 is 0 Å². The Morgan fingerprint density at radius 3 is 2.17 bits per heavy atom. The lowest BCUT2D eigenvalue weighted by Gasteiger charge is -2.19. The maximum absolute atomic E-state index is 12.3. The maximum atomic E-state index is 12.3. The van der Waals surface area contributed by atoms with E-state index in [4.69, 9.17) is 4.74 Å². The summed E-state index contributed by atoms with van der Waals surface area (Å²) in [4.78, 5) is 36.2. The maximum Gasteiger partial charge on any atom is 0.408 e. The monoisotopic (exact) mass is 475 g/mol. The van der Waals surface area contributed by atoms with Gasteiger partial charge in [-0.25, -0.2) is 4.79 Å². The van der Waals surface area contributed by atoms with Crippen molar-refractivity contribution in [1.82, 2.24) is 5.32 Å². The fourth-order valence-electron chi connectivity index (χ4n) is 2.53. The van der Waals surface area contributed by atoms with Gasteiger partial charge in [0, 0.05) is 10.9 Å². The molecule has 0 aliphatic carbocycles. The van der Waals surface area contributed by atoms with Crippen LogP contribution in [0.2, 0.25) is 0 Å². The molecule has 0 bridgehead atoms. The number of carbonyl (C=O) groups excluding carboxylic acids is 3. The number of anilines is 2. The van der Waals surface area contributed by atoms with Gasteiger partial charge in [-0.3, -0.25) is 9.59 Å². The van der Waals surface area contributed by atoms with Gasteiger partial charge in [0.25, 0.3) is 0 Å². The molecule has 2 aromatic rings. The second-order valence-electron chi connectivity index (χ2n) is 7.63. The third-order valence-electron chi connectivity index (χ3n) is 3.80. The number of hydrogen-bond donors (Lipinski definition) is 3. The Bertz CT molecular complexity index is 909. The zero-order valence-electron chi connectivity index (χ0n) is 17.3. The molecule has 0 fully saturated rings. The first kappa shape index (κ1) is 23.4. The van der Waals surface area contributed by atoms with E-state index in [-0.39, 0.29) is 12.5 Å². The van der Waals surface area contributed by atoms with Crippen molar-refractivity contribution in [3.63, 3.8) is 0 Å². The van der Waals surface area contributed by atoms with Crippen LogP contribution in [0.1, 0.15) is 32.8 Å². The normalized spacial score (nSPS) is 10.8. The fraction of sp³-hybridized carbons (Fsp3) is 0.318. The zero-order valence-corrected chi connectivity index (χ0v) is 18.8. The molecule has 0 aliphatic heterocycles. The Balaban J connectivity index is 1.88. The number of carbonyl (C=O) groups is 3. The summed E-state index contributed by atoms with van der Waals surface area (Å²) in [6.07, 6.45) is 0.227. The van der Waals surface area contributed by atoms with E-state index in [0.717, 1.165) is 10.0 Å². The van der Waals surface area contributed by atoms with Crippen molar-refractivity contribution in [3.8, 4) is 0 Å². The van der Waals surface area contributed by atoms with Crippen molar-refractivity contribution in [3.05, 3.63) is 58.6 Å². The van der Waals surface area contributed by atoms with Gasteiger partial charge < -0.3 is 20.7 Å². The predicted molar refractivity (Wildman–Crippen MR) is 120 cm³/mol. The van der Waals surface area contributed by atoms with Gasteiger partial charge in [0.15, 0.2) is 0 Å². The minimum Gasteiger partial charge on any atom is -0.444 e. The standard InChI is InChI=1S/C22H26BrN3O4/c1-22(2,3)30-21(29)24-14-20(28)26-18-10-5-4-9-17(18)25-19(27)12-11-15-7-6-8-16(23)13-15/h4-10,13H,11-12,14H2,1-3H3,(H,24,29)(H,25,27)(H,26,28). The summed E-state index contributed by atoms with van der Waals surface area (Å²) in [5.41, 5.74) is 1.34. The third-order valence-corrected chi connectivity index (χ3v) is 4.29. The molecule has 3 N–H and O–H groups in total. The molecule has 160 valence electrons. The molecule has 7 nitrogen and oxygen atoms in total. The summed E-state index contributed by atoms with van der Waals surface area (Å²) >= 11 is 3.42. The van der Waals surface area contributed by atoms with Crippen molar-refractivity contribution in [2.45, 2.75) is 39.2 Å². The zero-order chi connectivity index (χ0) is 22.1. The van der Waals surface area contributed by atoms with Gasteiger partial charge in [0.05, 0.1) is 11.4 Å². The molecule has 0 spiro atoms. The Kier molecular flexibility index (Phi) is 8.41. The molecule has 0 heterocycles. The molecule has 30 heavy (non-hydrogen) atoms. The van der Waals surface area contributed by atoms with Gasteiger partial charge >= 0.3 is 6.09 Å². The van der Waals surface area contributed by atoms with Crippen molar-refractivity contribution in [2.75, 3.05) is 17.2 Å². The topological polar surface area (TPSA) is 96.5 Å². The third kappa shape index (κ3) is 8.65. The van der Waals surface area contributed by atoms with Crippen LogP contribution in [-0.2, 0) is 20.7 Å². The van der Waals surface area contributed by atoms with Crippen molar-refractivity contribution in [1.29, 1.82) is 0 Å². The average Bonchev–Trinajstić information content (AvgIpc) is 2.65. The van der Waals surface area contributed by atoms with E-state index in [2.05, 4.69) is 31.9 Å². The van der Waals surface area contributed by atoms with Crippen LogP contribution in [0, 0.1) is 0 Å². The highest BCUT2D eigenvalue weighted by Gasteiger charge is 2.17. The highest BCUT2D eigenvalue weighted by atomic mass is 79.9. The van der Waals surface area contributed by atoms with Gasteiger partial charge in [0.2, 0.25) is 11.8 Å². The first-order valence-corrected chi connectivity index (χ1v) is 10.3. The minimum absolute atomic E-state index is 0.163. The SMILES string of the molecule is CC(C)(C)OC(=O)NCC(=O)Nc1ccccc1NC(=O)CCc1cccc(Br)c1. The van der Waals surface area contributed by atoms with Gasteiger partial charge in [-0.2, -0.15) is 0 Å². The van der Waals surface area contributed by atoms with Gasteiger partial charge in [-0.1, -0.05) is 40.2 Å². The molecule has 2 aromatic carbocycles. The number of para-hydroxylation sites is 2. The average molecular weight is 476 g/mol. The Morgan fingerprint density at radius 1 is 0.933 bits per heavy atom. The molecule has 0 unspecified atom stereocenters. The number of benzene rings is 2. The smallest absolute Gasteiger partial charge is 0.408 e. The molecule has 8 heteroatoms. The Morgan fingerprint density at radius 2 is 1.57 bits per heavy atom. The number of ether oxygens (including phenoxy) is 1. The van der Waals surface area contributed by atoms with E-state index in [1.54, 1.807) is 45.0 Å². The fourth-order valence-corrected chi connectivity index (χ4v) is 2.97. The van der Waals surface area contributed by atoms with Crippen LogP contribution in [-0.4, -0.2) is 30.1 Å². The van der Waals surface area contributed by atoms with E-state index in [1.807, 2.05) is 24.3 Å². The molecule has 0 radical (unpaired) electrons. The molecule has 0 saturated carbocycles. The van der Waals surface area contributed by atoms with Gasteiger partial charge in [-0.05, 0) is 57.0 Å². The largest absolute Gasteiger partial charge is 0.444 e. The molecule has 0 saturated heterocycles. The Labute approximate surface area is 184 Å². The number of amides is 3.